The summed E-state index contributed by atoms with van der Waals surface area (Å²) in [6.07, 6.45) is 4.89. The number of hydrogen-bond acceptors (Lipinski definition) is 4. The van der Waals surface area contributed by atoms with Gasteiger partial charge in [0.1, 0.15) is 5.76 Å². The lowest BCUT2D eigenvalue weighted by atomic mass is 10.2. The van der Waals surface area contributed by atoms with Gasteiger partial charge in [0.05, 0.1) is 11.2 Å². The molecular formula is C18H22N2O4S. The number of rotatable bonds is 7. The van der Waals surface area contributed by atoms with Crippen molar-refractivity contribution < 1.29 is 17.6 Å². The number of nitrogens with one attached hydrogen (secondary N) is 1. The molecule has 1 aliphatic rings. The van der Waals surface area contributed by atoms with Crippen LogP contribution in [0, 0.1) is 0 Å². The van der Waals surface area contributed by atoms with Gasteiger partial charge in [-0.25, -0.2) is 8.42 Å². The van der Waals surface area contributed by atoms with Crippen LogP contribution in [0.1, 0.15) is 35.4 Å². The summed E-state index contributed by atoms with van der Waals surface area (Å²) in [6, 6.07) is 9.97. The standard InChI is InChI=1S/C18H22N2O4S/c21-18(19-10-4-7-16-8-5-13-24-16)15-6-3-9-17(14-15)25(22,23)20-11-1-2-12-20/h3,5-6,8-9,13-14H,1-2,4,7,10-12H2,(H,19,21). The fourth-order valence-electron chi connectivity index (χ4n) is 2.90. The van der Waals surface area contributed by atoms with Crippen molar-refractivity contribution in [1.82, 2.24) is 9.62 Å². The molecule has 0 saturated carbocycles. The van der Waals surface area contributed by atoms with E-state index in [-0.39, 0.29) is 10.8 Å². The Hall–Kier alpha value is -2.12. The lowest BCUT2D eigenvalue weighted by molar-refractivity contribution is 0.0953. The number of carbonyl (C=O) groups excluding carboxylic acids is 1. The highest BCUT2D eigenvalue weighted by Gasteiger charge is 2.27. The van der Waals surface area contributed by atoms with Gasteiger partial charge >= 0.3 is 0 Å². The van der Waals surface area contributed by atoms with Crippen LogP contribution in [0.15, 0.2) is 52.0 Å². The van der Waals surface area contributed by atoms with Crippen molar-refractivity contribution in [2.24, 2.45) is 0 Å². The van der Waals surface area contributed by atoms with Crippen LogP contribution in [0.2, 0.25) is 0 Å². The highest BCUT2D eigenvalue weighted by Crippen LogP contribution is 2.21. The molecule has 0 atom stereocenters. The number of carbonyl (C=O) groups is 1. The topological polar surface area (TPSA) is 79.6 Å². The van der Waals surface area contributed by atoms with Crippen molar-refractivity contribution in [3.05, 3.63) is 54.0 Å². The van der Waals surface area contributed by atoms with E-state index in [1.807, 2.05) is 12.1 Å². The fourth-order valence-corrected chi connectivity index (χ4v) is 4.46. The van der Waals surface area contributed by atoms with Crippen molar-refractivity contribution in [2.45, 2.75) is 30.6 Å². The fraction of sp³-hybridized carbons (Fsp3) is 0.389. The SMILES string of the molecule is O=C(NCCCc1ccco1)c1cccc(S(=O)(=O)N2CCCC2)c1. The van der Waals surface area contributed by atoms with Crippen LogP contribution in [-0.2, 0) is 16.4 Å². The quantitative estimate of drug-likeness (QED) is 0.767. The van der Waals surface area contributed by atoms with Gasteiger partial charge in [0.15, 0.2) is 0 Å². The highest BCUT2D eigenvalue weighted by atomic mass is 32.2. The van der Waals surface area contributed by atoms with E-state index in [2.05, 4.69) is 5.32 Å². The highest BCUT2D eigenvalue weighted by molar-refractivity contribution is 7.89. The second-order valence-electron chi connectivity index (χ2n) is 6.08. The number of amides is 1. The Balaban J connectivity index is 1.59. The zero-order valence-corrected chi connectivity index (χ0v) is 14.8. The van der Waals surface area contributed by atoms with Crippen LogP contribution in [-0.4, -0.2) is 38.3 Å². The van der Waals surface area contributed by atoms with Crippen molar-refractivity contribution >= 4 is 15.9 Å². The second kappa shape index (κ2) is 7.84. The Morgan fingerprint density at radius 3 is 2.68 bits per heavy atom. The van der Waals surface area contributed by atoms with Gasteiger partial charge in [-0.3, -0.25) is 4.79 Å². The molecule has 25 heavy (non-hydrogen) atoms. The molecule has 1 amide bonds. The molecule has 0 aliphatic carbocycles. The van der Waals surface area contributed by atoms with Gasteiger partial charge in [0.25, 0.3) is 5.91 Å². The number of benzene rings is 1. The van der Waals surface area contributed by atoms with Gasteiger partial charge in [0.2, 0.25) is 10.0 Å². The predicted molar refractivity (Wildman–Crippen MR) is 93.8 cm³/mol. The van der Waals surface area contributed by atoms with Crippen molar-refractivity contribution in [2.75, 3.05) is 19.6 Å². The molecule has 1 saturated heterocycles. The molecule has 1 fully saturated rings. The summed E-state index contributed by atoms with van der Waals surface area (Å²) < 4.78 is 31.9. The Bertz CT molecular complexity index is 809. The number of aryl methyl sites for hydroxylation is 1. The molecule has 0 unspecified atom stereocenters. The first-order valence-electron chi connectivity index (χ1n) is 8.48. The maximum atomic E-state index is 12.6. The molecule has 1 aromatic carbocycles. The molecule has 134 valence electrons. The summed E-state index contributed by atoms with van der Waals surface area (Å²) in [7, 11) is -3.51. The minimum Gasteiger partial charge on any atom is -0.469 e. The van der Waals surface area contributed by atoms with Crippen LogP contribution in [0.3, 0.4) is 0 Å². The van der Waals surface area contributed by atoms with Gasteiger partial charge in [0, 0.05) is 31.6 Å². The summed E-state index contributed by atoms with van der Waals surface area (Å²) in [5.74, 6) is 0.617. The summed E-state index contributed by atoms with van der Waals surface area (Å²) in [5.41, 5.74) is 0.360. The molecule has 7 heteroatoms. The van der Waals surface area contributed by atoms with E-state index in [0.717, 1.165) is 31.4 Å². The normalized spacial score (nSPS) is 15.4. The third-order valence-corrected chi connectivity index (χ3v) is 6.16. The average molecular weight is 362 g/mol. The maximum Gasteiger partial charge on any atom is 0.251 e. The molecular weight excluding hydrogens is 340 g/mol. The molecule has 1 aliphatic heterocycles. The molecule has 1 N–H and O–H groups in total. The van der Waals surface area contributed by atoms with Crippen molar-refractivity contribution in [3.63, 3.8) is 0 Å². The van der Waals surface area contributed by atoms with Crippen LogP contribution in [0.25, 0.3) is 0 Å². The predicted octanol–water partition coefficient (Wildman–Crippen LogP) is 2.43. The van der Waals surface area contributed by atoms with E-state index in [1.165, 1.54) is 10.4 Å². The van der Waals surface area contributed by atoms with Crippen LogP contribution < -0.4 is 5.32 Å². The van der Waals surface area contributed by atoms with Gasteiger partial charge < -0.3 is 9.73 Å². The second-order valence-corrected chi connectivity index (χ2v) is 8.02. The van der Waals surface area contributed by atoms with Gasteiger partial charge in [-0.15, -0.1) is 0 Å². The van der Waals surface area contributed by atoms with Gasteiger partial charge in [-0.2, -0.15) is 4.31 Å². The van der Waals surface area contributed by atoms with Crippen LogP contribution >= 0.6 is 0 Å². The van der Waals surface area contributed by atoms with Crippen molar-refractivity contribution in [1.29, 1.82) is 0 Å². The van der Waals surface area contributed by atoms with E-state index < -0.39 is 10.0 Å². The van der Waals surface area contributed by atoms with E-state index >= 15 is 0 Å². The Morgan fingerprint density at radius 2 is 1.96 bits per heavy atom. The first-order valence-corrected chi connectivity index (χ1v) is 9.92. The lowest BCUT2D eigenvalue weighted by Gasteiger charge is -2.16. The summed E-state index contributed by atoms with van der Waals surface area (Å²) in [5, 5.41) is 2.82. The number of sulfonamides is 1. The number of furan rings is 1. The third kappa shape index (κ3) is 4.29. The minimum absolute atomic E-state index is 0.178. The van der Waals surface area contributed by atoms with E-state index in [0.29, 0.717) is 25.2 Å². The molecule has 1 aromatic heterocycles. The molecule has 0 spiro atoms. The first kappa shape index (κ1) is 17.7. The maximum absolute atomic E-state index is 12.6. The molecule has 0 bridgehead atoms. The van der Waals surface area contributed by atoms with Gasteiger partial charge in [-0.1, -0.05) is 6.07 Å². The molecule has 0 radical (unpaired) electrons. The summed E-state index contributed by atoms with van der Waals surface area (Å²) >= 11 is 0. The van der Waals surface area contributed by atoms with Crippen molar-refractivity contribution in [3.8, 4) is 0 Å². The van der Waals surface area contributed by atoms with Crippen LogP contribution in [0.5, 0.6) is 0 Å². The monoisotopic (exact) mass is 362 g/mol. The summed E-state index contributed by atoms with van der Waals surface area (Å²) in [4.78, 5) is 12.4. The largest absolute Gasteiger partial charge is 0.469 e. The lowest BCUT2D eigenvalue weighted by Crippen LogP contribution is -2.29. The van der Waals surface area contributed by atoms with E-state index in [4.69, 9.17) is 4.42 Å². The zero-order chi connectivity index (χ0) is 17.7. The number of hydrogen-bond donors (Lipinski definition) is 1. The Kier molecular flexibility index (Phi) is 5.55. The first-order chi connectivity index (χ1) is 12.1. The zero-order valence-electron chi connectivity index (χ0n) is 14.0. The Morgan fingerprint density at radius 1 is 1.16 bits per heavy atom. The van der Waals surface area contributed by atoms with Crippen LogP contribution in [0.4, 0.5) is 0 Å². The molecule has 2 aromatic rings. The smallest absolute Gasteiger partial charge is 0.251 e. The minimum atomic E-state index is -3.51. The average Bonchev–Trinajstić information content (AvgIpc) is 3.32. The van der Waals surface area contributed by atoms with Gasteiger partial charge in [-0.05, 0) is 49.6 Å². The molecule has 2 heterocycles. The molecule has 3 rings (SSSR count). The number of nitrogens with zero attached hydrogens (tertiary/aromatic N) is 1. The van der Waals surface area contributed by atoms with E-state index in [1.54, 1.807) is 24.5 Å². The van der Waals surface area contributed by atoms with E-state index in [9.17, 15) is 13.2 Å². The Labute approximate surface area is 147 Å². The molecule has 6 nitrogen and oxygen atoms in total. The third-order valence-electron chi connectivity index (χ3n) is 4.26. The summed E-state index contributed by atoms with van der Waals surface area (Å²) in [6.45, 7) is 1.60.